The average Bonchev–Trinajstić information content (AvgIpc) is 2.46. The topological polar surface area (TPSA) is 36.7 Å². The summed E-state index contributed by atoms with van der Waals surface area (Å²) in [5.41, 5.74) is 2.28. The summed E-state index contributed by atoms with van der Waals surface area (Å²) in [6.07, 6.45) is 4.34. The van der Waals surface area contributed by atoms with E-state index in [0.29, 0.717) is 5.92 Å². The summed E-state index contributed by atoms with van der Waals surface area (Å²) in [6.45, 7) is 2.16. The fraction of sp³-hybridized carbons (Fsp3) is 0.250. The van der Waals surface area contributed by atoms with E-state index in [4.69, 9.17) is 0 Å². The predicted molar refractivity (Wildman–Crippen MR) is 72.1 cm³/mol. The van der Waals surface area contributed by atoms with Crippen molar-refractivity contribution in [2.45, 2.75) is 25.2 Å². The van der Waals surface area contributed by atoms with E-state index < -0.39 is 0 Å². The van der Waals surface area contributed by atoms with Gasteiger partial charge in [-0.05, 0) is 29.5 Å². The van der Waals surface area contributed by atoms with Crippen molar-refractivity contribution < 1.29 is 0 Å². The molecule has 2 atom stereocenters. The summed E-state index contributed by atoms with van der Waals surface area (Å²) in [5, 5.41) is 9.30. The van der Waals surface area contributed by atoms with Crippen LogP contribution in [-0.4, -0.2) is 4.98 Å². The second kappa shape index (κ2) is 5.97. The van der Waals surface area contributed by atoms with Gasteiger partial charge in [0.15, 0.2) is 0 Å². The van der Waals surface area contributed by atoms with Crippen molar-refractivity contribution in [2.75, 3.05) is 0 Å². The Morgan fingerprint density at radius 3 is 2.44 bits per heavy atom. The maximum Gasteiger partial charge on any atom is 0.0733 e. The minimum atomic E-state index is -0.0890. The van der Waals surface area contributed by atoms with Crippen molar-refractivity contribution in [1.82, 2.24) is 4.98 Å². The summed E-state index contributed by atoms with van der Waals surface area (Å²) in [6, 6.07) is 16.5. The normalized spacial score (nSPS) is 13.6. The number of rotatable bonds is 4. The first-order valence-electron chi connectivity index (χ1n) is 6.15. The average molecular weight is 236 g/mol. The largest absolute Gasteiger partial charge is 0.264 e. The summed E-state index contributed by atoms with van der Waals surface area (Å²) in [5.74, 6) is 0.282. The maximum atomic E-state index is 9.30. The van der Waals surface area contributed by atoms with Gasteiger partial charge in [0.25, 0.3) is 0 Å². The number of nitriles is 1. The molecule has 2 heteroatoms. The standard InChI is InChI=1S/C16H16N2/c1-13(14-6-3-2-4-7-14)10-16(11-17)15-8-5-9-18-12-15/h2-9,12-13,16H,10H2,1H3/t13-,16+/m0/s1. The Bertz CT molecular complexity index is 514. The van der Waals surface area contributed by atoms with Gasteiger partial charge in [0, 0.05) is 12.4 Å². The van der Waals surface area contributed by atoms with E-state index in [1.165, 1.54) is 5.56 Å². The first kappa shape index (κ1) is 12.3. The van der Waals surface area contributed by atoms with Crippen LogP contribution in [0.15, 0.2) is 54.9 Å². The quantitative estimate of drug-likeness (QED) is 0.807. The van der Waals surface area contributed by atoms with Gasteiger partial charge in [0.1, 0.15) is 0 Å². The van der Waals surface area contributed by atoms with Crippen LogP contribution >= 0.6 is 0 Å². The van der Waals surface area contributed by atoms with Gasteiger partial charge in [-0.2, -0.15) is 5.26 Å². The molecule has 0 unspecified atom stereocenters. The zero-order valence-electron chi connectivity index (χ0n) is 10.5. The molecule has 0 aliphatic carbocycles. The lowest BCUT2D eigenvalue weighted by Crippen LogP contribution is -2.02. The highest BCUT2D eigenvalue weighted by Gasteiger charge is 2.15. The molecule has 90 valence electrons. The first-order chi connectivity index (χ1) is 8.81. The number of benzene rings is 1. The second-order valence-electron chi connectivity index (χ2n) is 4.52. The molecule has 1 aromatic heterocycles. The fourth-order valence-corrected chi connectivity index (χ4v) is 2.12. The molecule has 0 saturated heterocycles. The smallest absolute Gasteiger partial charge is 0.0733 e. The Morgan fingerprint density at radius 1 is 1.11 bits per heavy atom. The molecule has 2 rings (SSSR count). The highest BCUT2D eigenvalue weighted by molar-refractivity contribution is 5.25. The van der Waals surface area contributed by atoms with Gasteiger partial charge in [-0.1, -0.05) is 43.3 Å². The van der Waals surface area contributed by atoms with E-state index in [0.717, 1.165) is 12.0 Å². The molecule has 18 heavy (non-hydrogen) atoms. The molecule has 0 N–H and O–H groups in total. The summed E-state index contributed by atoms with van der Waals surface area (Å²) >= 11 is 0. The highest BCUT2D eigenvalue weighted by atomic mass is 14.6. The number of nitrogens with zero attached hydrogens (tertiary/aromatic N) is 2. The molecule has 2 nitrogen and oxygen atoms in total. The molecule has 1 aromatic carbocycles. The Labute approximate surface area is 108 Å². The molecule has 0 aliphatic heterocycles. The van der Waals surface area contributed by atoms with E-state index in [-0.39, 0.29) is 5.92 Å². The molecular formula is C16H16N2. The molecule has 0 aliphatic rings. The third-order valence-corrected chi connectivity index (χ3v) is 3.20. The summed E-state index contributed by atoms with van der Waals surface area (Å²) in [7, 11) is 0. The van der Waals surface area contributed by atoms with Crippen LogP contribution in [-0.2, 0) is 0 Å². The molecule has 0 amide bonds. The van der Waals surface area contributed by atoms with Gasteiger partial charge < -0.3 is 0 Å². The lowest BCUT2D eigenvalue weighted by atomic mass is 9.87. The minimum absolute atomic E-state index is 0.0890. The Hall–Kier alpha value is -2.14. The molecular weight excluding hydrogens is 220 g/mol. The molecule has 0 radical (unpaired) electrons. The van der Waals surface area contributed by atoms with Gasteiger partial charge in [0.2, 0.25) is 0 Å². The third-order valence-electron chi connectivity index (χ3n) is 3.20. The third kappa shape index (κ3) is 2.95. The number of hydrogen-bond donors (Lipinski definition) is 0. The van der Waals surface area contributed by atoms with Gasteiger partial charge in [-0.25, -0.2) is 0 Å². The fourth-order valence-electron chi connectivity index (χ4n) is 2.12. The SMILES string of the molecule is C[C@@H](C[C@H](C#N)c1cccnc1)c1ccccc1. The van der Waals surface area contributed by atoms with Crippen LogP contribution in [0.4, 0.5) is 0 Å². The summed E-state index contributed by atoms with van der Waals surface area (Å²) in [4.78, 5) is 4.08. The van der Waals surface area contributed by atoms with Gasteiger partial charge >= 0.3 is 0 Å². The van der Waals surface area contributed by atoms with Crippen molar-refractivity contribution in [2.24, 2.45) is 0 Å². The maximum absolute atomic E-state index is 9.30. The molecule has 0 spiro atoms. The lowest BCUT2D eigenvalue weighted by molar-refractivity contribution is 0.634. The molecule has 2 aromatic rings. The van der Waals surface area contributed by atoms with E-state index >= 15 is 0 Å². The van der Waals surface area contributed by atoms with Crippen molar-refractivity contribution >= 4 is 0 Å². The Morgan fingerprint density at radius 2 is 1.83 bits per heavy atom. The van der Waals surface area contributed by atoms with E-state index in [1.807, 2.05) is 30.3 Å². The minimum Gasteiger partial charge on any atom is -0.264 e. The zero-order valence-corrected chi connectivity index (χ0v) is 10.5. The van der Waals surface area contributed by atoms with E-state index in [1.54, 1.807) is 12.4 Å². The van der Waals surface area contributed by atoms with Crippen LogP contribution in [0.25, 0.3) is 0 Å². The summed E-state index contributed by atoms with van der Waals surface area (Å²) < 4.78 is 0. The second-order valence-corrected chi connectivity index (χ2v) is 4.52. The van der Waals surface area contributed by atoms with Crippen molar-refractivity contribution in [3.8, 4) is 6.07 Å². The number of hydrogen-bond acceptors (Lipinski definition) is 2. The van der Waals surface area contributed by atoms with E-state index in [2.05, 4.69) is 30.1 Å². The van der Waals surface area contributed by atoms with Crippen LogP contribution in [0.5, 0.6) is 0 Å². The van der Waals surface area contributed by atoms with Crippen molar-refractivity contribution in [1.29, 1.82) is 5.26 Å². The first-order valence-corrected chi connectivity index (χ1v) is 6.15. The molecule has 0 fully saturated rings. The van der Waals surface area contributed by atoms with Crippen LogP contribution in [0.1, 0.15) is 36.3 Å². The predicted octanol–water partition coefficient (Wildman–Crippen LogP) is 3.88. The molecule has 0 bridgehead atoms. The van der Waals surface area contributed by atoms with Crippen molar-refractivity contribution in [3.63, 3.8) is 0 Å². The van der Waals surface area contributed by atoms with Crippen LogP contribution in [0.2, 0.25) is 0 Å². The van der Waals surface area contributed by atoms with Gasteiger partial charge in [-0.15, -0.1) is 0 Å². The van der Waals surface area contributed by atoms with Crippen LogP contribution in [0.3, 0.4) is 0 Å². The number of aromatic nitrogens is 1. The highest BCUT2D eigenvalue weighted by Crippen LogP contribution is 2.28. The Kier molecular flexibility index (Phi) is 4.09. The van der Waals surface area contributed by atoms with Crippen molar-refractivity contribution in [3.05, 3.63) is 66.0 Å². The van der Waals surface area contributed by atoms with Crippen LogP contribution in [0, 0.1) is 11.3 Å². The number of pyridine rings is 1. The van der Waals surface area contributed by atoms with Gasteiger partial charge in [-0.3, -0.25) is 4.98 Å². The lowest BCUT2D eigenvalue weighted by Gasteiger charge is -2.15. The van der Waals surface area contributed by atoms with E-state index in [9.17, 15) is 5.26 Å². The van der Waals surface area contributed by atoms with Crippen LogP contribution < -0.4 is 0 Å². The Balaban J connectivity index is 2.11. The molecule has 0 saturated carbocycles. The zero-order chi connectivity index (χ0) is 12.8. The molecule has 1 heterocycles. The monoisotopic (exact) mass is 236 g/mol. The van der Waals surface area contributed by atoms with Gasteiger partial charge in [0.05, 0.1) is 12.0 Å².